The zero-order chi connectivity index (χ0) is 29.3. The fraction of sp³-hybridized carbons (Fsp3) is 0.407. The first-order chi connectivity index (χ1) is 17.9. The van der Waals surface area contributed by atoms with Crippen LogP contribution in [0.5, 0.6) is 0 Å². The Kier molecular flexibility index (Phi) is 8.36. The molecule has 1 saturated carbocycles. The SMILES string of the molecule is CC(C)(O)C#Cc1cc([C@H]2CCC[C@@H](C(=O)Nc3ccc(C(F)(F)F)cc3F)[C@@H]2C(=O)O)ccc1C(F)(F)F. The number of anilines is 1. The summed E-state index contributed by atoms with van der Waals surface area (Å²) in [5, 5.41) is 22.0. The highest BCUT2D eigenvalue weighted by atomic mass is 19.4. The van der Waals surface area contributed by atoms with Gasteiger partial charge >= 0.3 is 18.3 Å². The normalized spacial score (nSPS) is 20.1. The van der Waals surface area contributed by atoms with Gasteiger partial charge in [-0.1, -0.05) is 24.3 Å². The second-order valence-electron chi connectivity index (χ2n) is 9.80. The standard InChI is InChI=1S/C27H24F7NO4/c1-25(2,39)11-10-15-12-14(6-8-19(15)27(32,33)34)17-4-3-5-18(22(17)24(37)38)23(36)35-21-9-7-16(13-20(21)28)26(29,30)31/h6-9,12-13,17-18,22,39H,3-5H2,1-2H3,(H,35,36)(H,37,38)/t17-,18-,22-/m1/s1. The van der Waals surface area contributed by atoms with E-state index in [9.17, 15) is 50.5 Å². The Hall–Kier alpha value is -3.59. The molecule has 1 aliphatic carbocycles. The number of benzene rings is 2. The largest absolute Gasteiger partial charge is 0.481 e. The zero-order valence-electron chi connectivity index (χ0n) is 20.7. The first-order valence-corrected chi connectivity index (χ1v) is 11.8. The van der Waals surface area contributed by atoms with E-state index in [1.165, 1.54) is 13.8 Å². The number of aliphatic hydroxyl groups is 1. The van der Waals surface area contributed by atoms with Crippen LogP contribution in [-0.4, -0.2) is 27.7 Å². The smallest absolute Gasteiger partial charge is 0.417 e. The van der Waals surface area contributed by atoms with E-state index in [0.717, 1.165) is 24.3 Å². The summed E-state index contributed by atoms with van der Waals surface area (Å²) in [6.45, 7) is 2.56. The molecule has 210 valence electrons. The van der Waals surface area contributed by atoms with Crippen LogP contribution in [0.2, 0.25) is 0 Å². The molecule has 0 spiro atoms. The molecular formula is C27H24F7NO4. The van der Waals surface area contributed by atoms with Gasteiger partial charge in [0.2, 0.25) is 5.91 Å². The summed E-state index contributed by atoms with van der Waals surface area (Å²) < 4.78 is 93.5. The molecule has 0 bridgehead atoms. The number of hydrogen-bond donors (Lipinski definition) is 3. The lowest BCUT2D eigenvalue weighted by molar-refractivity contribution is -0.149. The number of rotatable bonds is 4. The third kappa shape index (κ3) is 7.29. The molecule has 39 heavy (non-hydrogen) atoms. The molecule has 0 aliphatic heterocycles. The summed E-state index contributed by atoms with van der Waals surface area (Å²) in [5.74, 6) is -2.72. The molecule has 5 nitrogen and oxygen atoms in total. The van der Waals surface area contributed by atoms with Crippen LogP contribution in [0.4, 0.5) is 36.4 Å². The van der Waals surface area contributed by atoms with Crippen LogP contribution in [0.25, 0.3) is 0 Å². The van der Waals surface area contributed by atoms with Crippen LogP contribution >= 0.6 is 0 Å². The minimum atomic E-state index is -4.81. The van der Waals surface area contributed by atoms with E-state index in [1.807, 2.05) is 0 Å². The first-order valence-electron chi connectivity index (χ1n) is 11.8. The first kappa shape index (κ1) is 30.0. The van der Waals surface area contributed by atoms with Crippen LogP contribution in [0.3, 0.4) is 0 Å². The highest BCUT2D eigenvalue weighted by Crippen LogP contribution is 2.44. The van der Waals surface area contributed by atoms with Gasteiger partial charge in [-0.25, -0.2) is 4.39 Å². The number of carbonyl (C=O) groups is 2. The van der Waals surface area contributed by atoms with Gasteiger partial charge < -0.3 is 15.5 Å². The third-order valence-corrected chi connectivity index (χ3v) is 6.35. The van der Waals surface area contributed by atoms with E-state index in [-0.39, 0.29) is 24.5 Å². The van der Waals surface area contributed by atoms with Gasteiger partial charge in [0.15, 0.2) is 0 Å². The summed E-state index contributed by atoms with van der Waals surface area (Å²) >= 11 is 0. The Morgan fingerprint density at radius 2 is 1.64 bits per heavy atom. The average molecular weight is 559 g/mol. The van der Waals surface area contributed by atoms with Crippen molar-refractivity contribution in [3.63, 3.8) is 0 Å². The van der Waals surface area contributed by atoms with Crippen molar-refractivity contribution in [2.75, 3.05) is 5.32 Å². The highest BCUT2D eigenvalue weighted by molar-refractivity contribution is 5.95. The Morgan fingerprint density at radius 1 is 0.974 bits per heavy atom. The molecule has 3 rings (SSSR count). The molecule has 2 aromatic rings. The predicted octanol–water partition coefficient (Wildman–Crippen LogP) is 6.21. The maximum absolute atomic E-state index is 14.3. The summed E-state index contributed by atoms with van der Waals surface area (Å²) in [6.07, 6.45) is -9.04. The minimum Gasteiger partial charge on any atom is -0.481 e. The highest BCUT2D eigenvalue weighted by Gasteiger charge is 2.44. The van der Waals surface area contributed by atoms with E-state index in [0.29, 0.717) is 12.5 Å². The van der Waals surface area contributed by atoms with Crippen LogP contribution in [-0.2, 0) is 21.9 Å². The number of aliphatic carboxylic acids is 1. The van der Waals surface area contributed by atoms with Gasteiger partial charge in [-0.05, 0) is 68.5 Å². The molecule has 0 heterocycles. The number of carboxylic acid groups (broad SMARTS) is 1. The van der Waals surface area contributed by atoms with E-state index < -0.39 is 75.8 Å². The van der Waals surface area contributed by atoms with Gasteiger partial charge in [0.1, 0.15) is 11.4 Å². The zero-order valence-corrected chi connectivity index (χ0v) is 20.7. The Balaban J connectivity index is 1.96. The van der Waals surface area contributed by atoms with Crippen molar-refractivity contribution in [2.24, 2.45) is 11.8 Å². The van der Waals surface area contributed by atoms with Gasteiger partial charge in [-0.3, -0.25) is 9.59 Å². The lowest BCUT2D eigenvalue weighted by Crippen LogP contribution is -2.40. The number of alkyl halides is 6. The average Bonchev–Trinajstić information content (AvgIpc) is 2.81. The van der Waals surface area contributed by atoms with Crippen molar-refractivity contribution in [2.45, 2.75) is 57.0 Å². The molecule has 1 aliphatic rings. The monoisotopic (exact) mass is 559 g/mol. The topological polar surface area (TPSA) is 86.6 Å². The molecule has 2 aromatic carbocycles. The summed E-state index contributed by atoms with van der Waals surface area (Å²) in [6, 6.07) is 4.42. The molecule has 0 saturated heterocycles. The van der Waals surface area contributed by atoms with Gasteiger partial charge in [0, 0.05) is 5.56 Å². The van der Waals surface area contributed by atoms with Crippen molar-refractivity contribution in [1.82, 2.24) is 0 Å². The van der Waals surface area contributed by atoms with E-state index >= 15 is 0 Å². The fourth-order valence-electron chi connectivity index (χ4n) is 4.59. The maximum Gasteiger partial charge on any atom is 0.417 e. The number of halogens is 7. The van der Waals surface area contributed by atoms with Crippen molar-refractivity contribution < 1.29 is 50.5 Å². The molecule has 3 atom stereocenters. The minimum absolute atomic E-state index is 0.0492. The van der Waals surface area contributed by atoms with Crippen molar-refractivity contribution in [3.8, 4) is 11.8 Å². The maximum atomic E-state index is 14.3. The molecule has 0 unspecified atom stereocenters. The molecule has 1 fully saturated rings. The van der Waals surface area contributed by atoms with E-state index in [1.54, 1.807) is 0 Å². The second-order valence-corrected chi connectivity index (χ2v) is 9.80. The number of nitrogens with one attached hydrogen (secondary N) is 1. The van der Waals surface area contributed by atoms with Gasteiger partial charge in [-0.15, -0.1) is 0 Å². The van der Waals surface area contributed by atoms with Crippen molar-refractivity contribution in [3.05, 3.63) is 64.5 Å². The van der Waals surface area contributed by atoms with E-state index in [2.05, 4.69) is 17.2 Å². The lowest BCUT2D eigenvalue weighted by Gasteiger charge is -2.35. The number of carbonyl (C=O) groups excluding carboxylic acids is 1. The number of amides is 1. The Labute approximate surface area is 219 Å². The molecular weight excluding hydrogens is 535 g/mol. The molecule has 12 heteroatoms. The summed E-state index contributed by atoms with van der Waals surface area (Å²) in [4.78, 5) is 25.3. The number of hydrogen-bond acceptors (Lipinski definition) is 3. The summed E-state index contributed by atoms with van der Waals surface area (Å²) in [5.41, 5.74) is -4.84. The summed E-state index contributed by atoms with van der Waals surface area (Å²) in [7, 11) is 0. The quantitative estimate of drug-likeness (QED) is 0.307. The van der Waals surface area contributed by atoms with Gasteiger partial charge in [-0.2, -0.15) is 26.3 Å². The number of carboxylic acids is 1. The molecule has 0 aromatic heterocycles. The predicted molar refractivity (Wildman–Crippen MR) is 126 cm³/mol. The van der Waals surface area contributed by atoms with Crippen molar-refractivity contribution >= 4 is 17.6 Å². The lowest BCUT2D eigenvalue weighted by atomic mass is 9.68. The van der Waals surface area contributed by atoms with Crippen LogP contribution < -0.4 is 5.32 Å². The van der Waals surface area contributed by atoms with Gasteiger partial charge in [0.05, 0.1) is 28.7 Å². The molecule has 3 N–H and O–H groups in total. The second kappa shape index (κ2) is 10.9. The van der Waals surface area contributed by atoms with Crippen LogP contribution in [0, 0.1) is 29.5 Å². The molecule has 0 radical (unpaired) electrons. The van der Waals surface area contributed by atoms with Gasteiger partial charge in [0.25, 0.3) is 0 Å². The Morgan fingerprint density at radius 3 is 2.18 bits per heavy atom. The third-order valence-electron chi connectivity index (χ3n) is 6.35. The fourth-order valence-corrected chi connectivity index (χ4v) is 4.59. The van der Waals surface area contributed by atoms with E-state index in [4.69, 9.17) is 0 Å². The Bertz CT molecular complexity index is 1320. The van der Waals surface area contributed by atoms with Crippen molar-refractivity contribution in [1.29, 1.82) is 0 Å². The van der Waals surface area contributed by atoms with Crippen LogP contribution in [0.1, 0.15) is 61.3 Å². The van der Waals surface area contributed by atoms with Crippen LogP contribution in [0.15, 0.2) is 36.4 Å². The molecule has 1 amide bonds.